The van der Waals surface area contributed by atoms with E-state index < -0.39 is 0 Å². The molecule has 0 aromatic heterocycles. The lowest BCUT2D eigenvalue weighted by Crippen LogP contribution is -2.09. The molecule has 1 fully saturated rings. The zero-order valence-corrected chi connectivity index (χ0v) is 8.79. The van der Waals surface area contributed by atoms with E-state index in [9.17, 15) is 0 Å². The SMILES string of the molecule is COc1ccccc1[C@H]1CNC[C@H]1C. The lowest BCUT2D eigenvalue weighted by molar-refractivity contribution is 0.401. The van der Waals surface area contributed by atoms with E-state index in [0.717, 1.165) is 18.8 Å². The molecule has 2 atom stereocenters. The number of rotatable bonds is 2. The van der Waals surface area contributed by atoms with E-state index in [-0.39, 0.29) is 0 Å². The molecule has 14 heavy (non-hydrogen) atoms. The molecule has 1 N–H and O–H groups in total. The molecule has 0 saturated carbocycles. The first-order chi connectivity index (χ1) is 6.83. The molecule has 1 aliphatic heterocycles. The summed E-state index contributed by atoms with van der Waals surface area (Å²) in [6.07, 6.45) is 0. The number of benzene rings is 1. The Labute approximate surface area is 85.3 Å². The second kappa shape index (κ2) is 4.01. The van der Waals surface area contributed by atoms with Crippen LogP contribution in [-0.4, -0.2) is 20.2 Å². The lowest BCUT2D eigenvalue weighted by atomic mass is 9.90. The average molecular weight is 191 g/mol. The van der Waals surface area contributed by atoms with Crippen molar-refractivity contribution in [1.29, 1.82) is 0 Å². The number of ether oxygens (including phenoxy) is 1. The normalized spacial score (nSPS) is 26.4. The van der Waals surface area contributed by atoms with E-state index >= 15 is 0 Å². The Morgan fingerprint density at radius 3 is 2.71 bits per heavy atom. The van der Waals surface area contributed by atoms with Crippen LogP contribution in [0, 0.1) is 5.92 Å². The van der Waals surface area contributed by atoms with Crippen LogP contribution in [0.4, 0.5) is 0 Å². The lowest BCUT2D eigenvalue weighted by Gasteiger charge is -2.17. The molecular weight excluding hydrogens is 174 g/mol. The molecule has 0 bridgehead atoms. The van der Waals surface area contributed by atoms with Crippen molar-refractivity contribution >= 4 is 0 Å². The van der Waals surface area contributed by atoms with Crippen LogP contribution < -0.4 is 10.1 Å². The molecule has 2 heteroatoms. The standard InChI is InChI=1S/C12H17NO/c1-9-7-13-8-11(9)10-5-3-4-6-12(10)14-2/h3-6,9,11,13H,7-8H2,1-2H3/t9-,11+/m1/s1. The number of methoxy groups -OCH3 is 1. The minimum atomic E-state index is 0.603. The minimum Gasteiger partial charge on any atom is -0.496 e. The van der Waals surface area contributed by atoms with Gasteiger partial charge < -0.3 is 10.1 Å². The predicted octanol–water partition coefficient (Wildman–Crippen LogP) is 2.02. The second-order valence-corrected chi connectivity index (χ2v) is 3.98. The summed E-state index contributed by atoms with van der Waals surface area (Å²) in [5.41, 5.74) is 1.34. The molecular formula is C12H17NO. The highest BCUT2D eigenvalue weighted by Crippen LogP contribution is 2.33. The van der Waals surface area contributed by atoms with Gasteiger partial charge in [0.05, 0.1) is 7.11 Å². The maximum absolute atomic E-state index is 5.38. The van der Waals surface area contributed by atoms with Crippen molar-refractivity contribution in [2.75, 3.05) is 20.2 Å². The van der Waals surface area contributed by atoms with Crippen molar-refractivity contribution < 1.29 is 4.74 Å². The van der Waals surface area contributed by atoms with E-state index in [4.69, 9.17) is 4.74 Å². The van der Waals surface area contributed by atoms with Crippen LogP contribution in [0.5, 0.6) is 5.75 Å². The highest BCUT2D eigenvalue weighted by atomic mass is 16.5. The van der Waals surface area contributed by atoms with Crippen molar-refractivity contribution in [3.05, 3.63) is 29.8 Å². The molecule has 0 radical (unpaired) electrons. The fourth-order valence-corrected chi connectivity index (χ4v) is 2.20. The second-order valence-electron chi connectivity index (χ2n) is 3.98. The number of hydrogen-bond acceptors (Lipinski definition) is 2. The predicted molar refractivity (Wildman–Crippen MR) is 57.8 cm³/mol. The van der Waals surface area contributed by atoms with Gasteiger partial charge in [-0.25, -0.2) is 0 Å². The van der Waals surface area contributed by atoms with E-state index in [1.54, 1.807) is 7.11 Å². The van der Waals surface area contributed by atoms with Gasteiger partial charge in [0.25, 0.3) is 0 Å². The molecule has 2 rings (SSSR count). The highest BCUT2D eigenvalue weighted by molar-refractivity contribution is 5.37. The van der Waals surface area contributed by atoms with Crippen LogP contribution in [0.15, 0.2) is 24.3 Å². The van der Waals surface area contributed by atoms with E-state index in [0.29, 0.717) is 11.8 Å². The van der Waals surface area contributed by atoms with Gasteiger partial charge >= 0.3 is 0 Å². The van der Waals surface area contributed by atoms with Crippen molar-refractivity contribution in [1.82, 2.24) is 5.32 Å². The summed E-state index contributed by atoms with van der Waals surface area (Å²) < 4.78 is 5.38. The van der Waals surface area contributed by atoms with Gasteiger partial charge in [0.15, 0.2) is 0 Å². The maximum atomic E-state index is 5.38. The average Bonchev–Trinajstić information content (AvgIpc) is 2.64. The highest BCUT2D eigenvalue weighted by Gasteiger charge is 2.26. The Morgan fingerprint density at radius 1 is 1.29 bits per heavy atom. The zero-order valence-electron chi connectivity index (χ0n) is 8.79. The van der Waals surface area contributed by atoms with Crippen LogP contribution in [0.1, 0.15) is 18.4 Å². The number of para-hydroxylation sites is 1. The molecule has 0 unspecified atom stereocenters. The first-order valence-electron chi connectivity index (χ1n) is 5.16. The Bertz CT molecular complexity index is 311. The maximum Gasteiger partial charge on any atom is 0.122 e. The Morgan fingerprint density at radius 2 is 2.07 bits per heavy atom. The van der Waals surface area contributed by atoms with Crippen molar-refractivity contribution in [3.63, 3.8) is 0 Å². The first kappa shape index (κ1) is 9.53. The van der Waals surface area contributed by atoms with Crippen LogP contribution in [0.2, 0.25) is 0 Å². The minimum absolute atomic E-state index is 0.603. The summed E-state index contributed by atoms with van der Waals surface area (Å²) in [6.45, 7) is 4.47. The summed E-state index contributed by atoms with van der Waals surface area (Å²) >= 11 is 0. The Balaban J connectivity index is 2.30. The van der Waals surface area contributed by atoms with Gasteiger partial charge in [-0.05, 0) is 24.1 Å². The molecule has 1 aromatic carbocycles. The molecule has 1 saturated heterocycles. The topological polar surface area (TPSA) is 21.3 Å². The van der Waals surface area contributed by atoms with Gasteiger partial charge in [-0.3, -0.25) is 0 Å². The summed E-state index contributed by atoms with van der Waals surface area (Å²) in [4.78, 5) is 0. The summed E-state index contributed by atoms with van der Waals surface area (Å²) in [6, 6.07) is 8.33. The molecule has 1 aromatic rings. The van der Waals surface area contributed by atoms with Gasteiger partial charge in [0, 0.05) is 12.5 Å². The van der Waals surface area contributed by atoms with Gasteiger partial charge in [0.1, 0.15) is 5.75 Å². The summed E-state index contributed by atoms with van der Waals surface area (Å²) in [7, 11) is 1.74. The van der Waals surface area contributed by atoms with Crippen LogP contribution in [0.25, 0.3) is 0 Å². The molecule has 76 valence electrons. The smallest absolute Gasteiger partial charge is 0.122 e. The van der Waals surface area contributed by atoms with E-state index in [1.807, 2.05) is 12.1 Å². The Kier molecular flexibility index (Phi) is 2.73. The van der Waals surface area contributed by atoms with E-state index in [2.05, 4.69) is 24.4 Å². The third-order valence-electron chi connectivity index (χ3n) is 3.06. The van der Waals surface area contributed by atoms with E-state index in [1.165, 1.54) is 5.56 Å². The largest absolute Gasteiger partial charge is 0.496 e. The van der Waals surface area contributed by atoms with Crippen molar-refractivity contribution in [2.24, 2.45) is 5.92 Å². The summed E-state index contributed by atoms with van der Waals surface area (Å²) in [5, 5.41) is 3.42. The molecule has 0 amide bonds. The van der Waals surface area contributed by atoms with Gasteiger partial charge in [-0.15, -0.1) is 0 Å². The fraction of sp³-hybridized carbons (Fsp3) is 0.500. The van der Waals surface area contributed by atoms with Crippen LogP contribution in [-0.2, 0) is 0 Å². The fourth-order valence-electron chi connectivity index (χ4n) is 2.20. The number of hydrogen-bond donors (Lipinski definition) is 1. The first-order valence-corrected chi connectivity index (χ1v) is 5.16. The number of nitrogens with one attached hydrogen (secondary N) is 1. The Hall–Kier alpha value is -1.02. The van der Waals surface area contributed by atoms with Gasteiger partial charge in [0.2, 0.25) is 0 Å². The molecule has 2 nitrogen and oxygen atoms in total. The molecule has 1 heterocycles. The molecule has 1 aliphatic rings. The summed E-state index contributed by atoms with van der Waals surface area (Å²) in [5.74, 6) is 2.32. The van der Waals surface area contributed by atoms with Gasteiger partial charge in [-0.2, -0.15) is 0 Å². The molecule has 0 aliphatic carbocycles. The van der Waals surface area contributed by atoms with Gasteiger partial charge in [-0.1, -0.05) is 25.1 Å². The third kappa shape index (κ3) is 1.62. The monoisotopic (exact) mass is 191 g/mol. The van der Waals surface area contributed by atoms with Crippen LogP contribution in [0.3, 0.4) is 0 Å². The zero-order chi connectivity index (χ0) is 9.97. The van der Waals surface area contributed by atoms with Crippen molar-refractivity contribution in [2.45, 2.75) is 12.8 Å². The third-order valence-corrected chi connectivity index (χ3v) is 3.06. The van der Waals surface area contributed by atoms with Crippen LogP contribution >= 0.6 is 0 Å². The van der Waals surface area contributed by atoms with Crippen molar-refractivity contribution in [3.8, 4) is 5.75 Å². The quantitative estimate of drug-likeness (QED) is 0.772. The molecule has 0 spiro atoms.